The van der Waals surface area contributed by atoms with Crippen LogP contribution in [0.4, 0.5) is 10.1 Å². The van der Waals surface area contributed by atoms with Gasteiger partial charge >= 0.3 is 0 Å². The Kier molecular flexibility index (Phi) is 5.16. The summed E-state index contributed by atoms with van der Waals surface area (Å²) in [6, 6.07) is 13.6. The molecule has 2 aromatic rings. The Bertz CT molecular complexity index is 670. The second kappa shape index (κ2) is 6.92. The van der Waals surface area contributed by atoms with E-state index in [-0.39, 0.29) is 17.7 Å². The molecule has 2 rings (SSSR count). The quantitative estimate of drug-likeness (QED) is 0.655. The average molecular weight is 314 g/mol. The second-order valence-electron chi connectivity index (χ2n) is 6.67. The number of rotatable bonds is 4. The van der Waals surface area contributed by atoms with Crippen molar-refractivity contribution in [1.29, 1.82) is 0 Å². The maximum absolute atomic E-state index is 12.9. The average Bonchev–Trinajstić information content (AvgIpc) is 2.49. The lowest BCUT2D eigenvalue weighted by molar-refractivity contribution is 0.186. The van der Waals surface area contributed by atoms with Gasteiger partial charge in [0.2, 0.25) is 0 Å². The van der Waals surface area contributed by atoms with Crippen molar-refractivity contribution in [1.82, 2.24) is 0 Å². The lowest BCUT2D eigenvalue weighted by atomic mass is 9.86. The van der Waals surface area contributed by atoms with E-state index >= 15 is 0 Å². The molecule has 4 heteroatoms. The Labute approximate surface area is 136 Å². The summed E-state index contributed by atoms with van der Waals surface area (Å²) < 4.78 is 12.9. The molecule has 0 heterocycles. The highest BCUT2D eigenvalue weighted by molar-refractivity contribution is 5.83. The first-order valence-corrected chi connectivity index (χ1v) is 7.63. The lowest BCUT2D eigenvalue weighted by Crippen LogP contribution is -2.16. The predicted octanol–water partition coefficient (Wildman–Crippen LogP) is 4.24. The van der Waals surface area contributed by atoms with Crippen molar-refractivity contribution in [3.8, 4) is 0 Å². The Balaban J connectivity index is 2.06. The molecule has 0 fully saturated rings. The van der Waals surface area contributed by atoms with Gasteiger partial charge in [0, 0.05) is 6.42 Å². The Morgan fingerprint density at radius 2 is 1.65 bits per heavy atom. The molecule has 0 aromatic heterocycles. The number of nitrogens with two attached hydrogens (primary N) is 1. The second-order valence-corrected chi connectivity index (χ2v) is 6.67. The fourth-order valence-corrected chi connectivity index (χ4v) is 2.25. The molecule has 23 heavy (non-hydrogen) atoms. The van der Waals surface area contributed by atoms with Crippen LogP contribution in [0.1, 0.15) is 44.4 Å². The maximum atomic E-state index is 12.9. The van der Waals surface area contributed by atoms with E-state index in [1.807, 2.05) is 24.3 Å². The zero-order chi connectivity index (χ0) is 17.0. The number of amidine groups is 1. The van der Waals surface area contributed by atoms with Gasteiger partial charge < -0.3 is 10.8 Å². The van der Waals surface area contributed by atoms with E-state index in [0.717, 1.165) is 5.56 Å². The van der Waals surface area contributed by atoms with Crippen molar-refractivity contribution in [3.05, 3.63) is 65.5 Å². The molecular formula is C19H23FN2O. The van der Waals surface area contributed by atoms with Crippen LogP contribution in [0.15, 0.2) is 53.5 Å². The molecule has 2 aromatic carbocycles. The molecular weight excluding hydrogens is 291 g/mol. The van der Waals surface area contributed by atoms with Crippen molar-refractivity contribution >= 4 is 11.5 Å². The molecule has 0 aliphatic rings. The van der Waals surface area contributed by atoms with E-state index in [1.54, 1.807) is 12.1 Å². The minimum atomic E-state index is -0.715. The van der Waals surface area contributed by atoms with Gasteiger partial charge in [0.15, 0.2) is 0 Å². The Morgan fingerprint density at radius 3 is 2.17 bits per heavy atom. The van der Waals surface area contributed by atoms with Crippen LogP contribution in [-0.2, 0) is 5.41 Å². The highest BCUT2D eigenvalue weighted by Gasteiger charge is 2.15. The number of aliphatic hydroxyl groups is 1. The molecule has 3 nitrogen and oxygen atoms in total. The molecule has 0 bridgehead atoms. The fraction of sp³-hybridized carbons (Fsp3) is 0.316. The summed E-state index contributed by atoms with van der Waals surface area (Å²) >= 11 is 0. The molecule has 122 valence electrons. The Morgan fingerprint density at radius 1 is 1.09 bits per heavy atom. The summed E-state index contributed by atoms with van der Waals surface area (Å²) in [5.74, 6) is -0.00880. The van der Waals surface area contributed by atoms with Gasteiger partial charge in [-0.25, -0.2) is 9.38 Å². The van der Waals surface area contributed by atoms with Gasteiger partial charge in [-0.15, -0.1) is 0 Å². The van der Waals surface area contributed by atoms with Gasteiger partial charge in [0.25, 0.3) is 0 Å². The number of aliphatic hydroxyl groups excluding tert-OH is 1. The maximum Gasteiger partial charge on any atom is 0.123 e. The normalized spacial score (nSPS) is 13.9. The SMILES string of the molecule is CC(C)(C)c1ccc(C(O)CC(N)=Nc2ccc(F)cc2)cc1. The summed E-state index contributed by atoms with van der Waals surface area (Å²) in [4.78, 5) is 4.19. The first-order valence-electron chi connectivity index (χ1n) is 7.63. The van der Waals surface area contributed by atoms with Gasteiger partial charge in [-0.1, -0.05) is 45.0 Å². The van der Waals surface area contributed by atoms with E-state index in [4.69, 9.17) is 5.73 Å². The largest absolute Gasteiger partial charge is 0.388 e. The first kappa shape index (κ1) is 17.2. The number of halogens is 1. The molecule has 0 spiro atoms. The lowest BCUT2D eigenvalue weighted by Gasteiger charge is -2.20. The molecule has 0 radical (unpaired) electrons. The van der Waals surface area contributed by atoms with E-state index in [1.165, 1.54) is 17.7 Å². The fourth-order valence-electron chi connectivity index (χ4n) is 2.25. The molecule has 0 amide bonds. The molecule has 1 atom stereocenters. The van der Waals surface area contributed by atoms with Crippen LogP contribution in [0.25, 0.3) is 0 Å². The van der Waals surface area contributed by atoms with Gasteiger partial charge in [0.05, 0.1) is 11.8 Å². The minimum Gasteiger partial charge on any atom is -0.388 e. The van der Waals surface area contributed by atoms with Crippen LogP contribution in [0, 0.1) is 5.82 Å². The molecule has 0 saturated heterocycles. The van der Waals surface area contributed by atoms with Crippen LogP contribution < -0.4 is 5.73 Å². The number of benzene rings is 2. The van der Waals surface area contributed by atoms with Crippen LogP contribution in [-0.4, -0.2) is 10.9 Å². The summed E-state index contributed by atoms with van der Waals surface area (Å²) in [7, 11) is 0. The Hall–Kier alpha value is -2.20. The van der Waals surface area contributed by atoms with Crippen molar-refractivity contribution in [2.75, 3.05) is 0 Å². The van der Waals surface area contributed by atoms with Crippen LogP contribution in [0.5, 0.6) is 0 Å². The van der Waals surface area contributed by atoms with E-state index in [0.29, 0.717) is 11.5 Å². The van der Waals surface area contributed by atoms with E-state index < -0.39 is 6.10 Å². The van der Waals surface area contributed by atoms with Crippen LogP contribution in [0.2, 0.25) is 0 Å². The monoisotopic (exact) mass is 314 g/mol. The molecule has 1 unspecified atom stereocenters. The summed E-state index contributed by atoms with van der Waals surface area (Å²) in [5, 5.41) is 10.3. The van der Waals surface area contributed by atoms with E-state index in [9.17, 15) is 9.50 Å². The minimum absolute atomic E-state index is 0.0759. The van der Waals surface area contributed by atoms with Crippen molar-refractivity contribution in [2.45, 2.75) is 38.7 Å². The van der Waals surface area contributed by atoms with Gasteiger partial charge in [0.1, 0.15) is 11.7 Å². The van der Waals surface area contributed by atoms with E-state index in [2.05, 4.69) is 25.8 Å². The third kappa shape index (κ3) is 4.89. The van der Waals surface area contributed by atoms with Crippen molar-refractivity contribution < 1.29 is 9.50 Å². The number of nitrogens with zero attached hydrogens (tertiary/aromatic N) is 1. The molecule has 0 aliphatic carbocycles. The third-order valence-corrected chi connectivity index (χ3v) is 3.66. The molecule has 0 aliphatic heterocycles. The summed E-state index contributed by atoms with van der Waals surface area (Å²) in [5.41, 5.74) is 8.53. The zero-order valence-electron chi connectivity index (χ0n) is 13.8. The third-order valence-electron chi connectivity index (χ3n) is 3.66. The van der Waals surface area contributed by atoms with Gasteiger partial charge in [-0.3, -0.25) is 0 Å². The van der Waals surface area contributed by atoms with Crippen LogP contribution in [0.3, 0.4) is 0 Å². The summed E-state index contributed by atoms with van der Waals surface area (Å²) in [6.45, 7) is 6.43. The smallest absolute Gasteiger partial charge is 0.123 e. The molecule has 3 N–H and O–H groups in total. The highest BCUT2D eigenvalue weighted by Crippen LogP contribution is 2.25. The molecule has 0 saturated carbocycles. The van der Waals surface area contributed by atoms with Gasteiger partial charge in [-0.2, -0.15) is 0 Å². The number of aliphatic imine (C=N–C) groups is 1. The van der Waals surface area contributed by atoms with Crippen molar-refractivity contribution in [3.63, 3.8) is 0 Å². The number of hydrogen-bond acceptors (Lipinski definition) is 2. The van der Waals surface area contributed by atoms with Crippen molar-refractivity contribution in [2.24, 2.45) is 10.7 Å². The topological polar surface area (TPSA) is 58.6 Å². The zero-order valence-corrected chi connectivity index (χ0v) is 13.8. The highest BCUT2D eigenvalue weighted by atomic mass is 19.1. The standard InChI is InChI=1S/C19H23FN2O/c1-19(2,3)14-6-4-13(5-7-14)17(23)12-18(21)22-16-10-8-15(20)9-11-16/h4-11,17,23H,12H2,1-3H3,(H2,21,22). The van der Waals surface area contributed by atoms with Crippen LogP contribution >= 0.6 is 0 Å². The number of hydrogen-bond donors (Lipinski definition) is 2. The summed E-state index contributed by atoms with van der Waals surface area (Å²) in [6.07, 6.45) is -0.486. The first-order chi connectivity index (χ1) is 10.8. The van der Waals surface area contributed by atoms with Gasteiger partial charge in [-0.05, 0) is 40.8 Å². The predicted molar refractivity (Wildman–Crippen MR) is 92.4 cm³/mol.